The van der Waals surface area contributed by atoms with E-state index in [1.54, 1.807) is 6.08 Å². The summed E-state index contributed by atoms with van der Waals surface area (Å²) in [6.45, 7) is 6.39. The Hall–Kier alpha value is -2.23. The van der Waals surface area contributed by atoms with E-state index in [0.717, 1.165) is 64.2 Å². The molecule has 2 fully saturated rings. The summed E-state index contributed by atoms with van der Waals surface area (Å²) in [5.74, 6) is 0.491. The van der Waals surface area contributed by atoms with E-state index in [0.29, 0.717) is 47.3 Å². The number of benzene rings is 2. The molecule has 0 heterocycles. The van der Waals surface area contributed by atoms with Crippen molar-refractivity contribution < 1.29 is 17.9 Å². The summed E-state index contributed by atoms with van der Waals surface area (Å²) in [5, 5.41) is 0. The summed E-state index contributed by atoms with van der Waals surface area (Å²) in [6.07, 6.45) is 11.9. The van der Waals surface area contributed by atoms with Crippen molar-refractivity contribution in [2.75, 3.05) is 6.61 Å². The van der Waals surface area contributed by atoms with Crippen molar-refractivity contribution in [1.82, 2.24) is 0 Å². The molecule has 0 N–H and O–H groups in total. The predicted octanol–water partition coefficient (Wildman–Crippen LogP) is 9.26. The largest absolute Gasteiger partial charge is 0.493 e. The molecule has 0 spiro atoms. The molecule has 35 heavy (non-hydrogen) atoms. The molecule has 2 aliphatic carbocycles. The molecule has 0 aromatic heterocycles. The lowest BCUT2D eigenvalue weighted by molar-refractivity contribution is 0.302. The lowest BCUT2D eigenvalue weighted by Crippen LogP contribution is -2.17. The first kappa shape index (κ1) is 25.9. The molecule has 2 aromatic rings. The van der Waals surface area contributed by atoms with Gasteiger partial charge in [-0.15, -0.1) is 6.58 Å². The number of aryl methyl sites for hydroxylation is 1. The van der Waals surface area contributed by atoms with E-state index in [1.807, 2.05) is 24.3 Å². The lowest BCUT2D eigenvalue weighted by atomic mass is 9.75. The molecule has 0 atom stereocenters. The minimum absolute atomic E-state index is 0.0740. The third-order valence-electron chi connectivity index (χ3n) is 8.32. The van der Waals surface area contributed by atoms with E-state index in [9.17, 15) is 4.39 Å². The SMILES string of the molecule is C=CCCOc1ccc(CCC2CCC(c3ccc(C4CCC(C)CC4)c(F)c3F)CC2)c(F)c1. The number of rotatable bonds is 9. The molecular weight excluding hydrogens is 445 g/mol. The van der Waals surface area contributed by atoms with E-state index < -0.39 is 11.6 Å². The molecule has 4 rings (SSSR count). The Morgan fingerprint density at radius 3 is 2.03 bits per heavy atom. The standard InChI is InChI=1S/C31H39F3O/c1-3-4-19-35-26-16-15-25(29(32)20-26)14-9-22-7-12-24(13-8-22)28-18-17-27(30(33)31(28)34)23-10-5-21(2)6-11-23/h3,15-18,20-24H,1,4-14,19H2,2H3. The molecule has 0 radical (unpaired) electrons. The first-order chi connectivity index (χ1) is 17.0. The van der Waals surface area contributed by atoms with E-state index in [4.69, 9.17) is 4.74 Å². The smallest absolute Gasteiger partial charge is 0.162 e. The Labute approximate surface area is 208 Å². The molecule has 4 heteroatoms. The maximum atomic E-state index is 15.1. The van der Waals surface area contributed by atoms with E-state index in [1.165, 1.54) is 6.07 Å². The molecule has 0 bridgehead atoms. The van der Waals surface area contributed by atoms with E-state index in [-0.39, 0.29) is 17.7 Å². The summed E-state index contributed by atoms with van der Waals surface area (Å²) < 4.78 is 50.1. The van der Waals surface area contributed by atoms with Crippen LogP contribution in [0.25, 0.3) is 0 Å². The van der Waals surface area contributed by atoms with Crippen molar-refractivity contribution in [3.8, 4) is 5.75 Å². The summed E-state index contributed by atoms with van der Waals surface area (Å²) in [4.78, 5) is 0. The summed E-state index contributed by atoms with van der Waals surface area (Å²) in [7, 11) is 0. The molecular formula is C31H39F3O. The van der Waals surface area contributed by atoms with Crippen LogP contribution in [0.3, 0.4) is 0 Å². The van der Waals surface area contributed by atoms with Crippen LogP contribution in [0.2, 0.25) is 0 Å². The number of ether oxygens (including phenoxy) is 1. The zero-order valence-corrected chi connectivity index (χ0v) is 21.0. The van der Waals surface area contributed by atoms with Crippen LogP contribution in [-0.4, -0.2) is 6.61 Å². The fourth-order valence-corrected chi connectivity index (χ4v) is 5.98. The molecule has 0 saturated heterocycles. The maximum absolute atomic E-state index is 15.1. The Morgan fingerprint density at radius 1 is 0.857 bits per heavy atom. The average molecular weight is 485 g/mol. The van der Waals surface area contributed by atoms with Crippen molar-refractivity contribution in [2.45, 2.75) is 89.4 Å². The molecule has 0 amide bonds. The number of hydrogen-bond acceptors (Lipinski definition) is 1. The average Bonchev–Trinajstić information content (AvgIpc) is 2.86. The monoisotopic (exact) mass is 484 g/mol. The minimum atomic E-state index is -0.623. The highest BCUT2D eigenvalue weighted by molar-refractivity contribution is 5.32. The summed E-state index contributed by atoms with van der Waals surface area (Å²) in [5.41, 5.74) is 1.84. The van der Waals surface area contributed by atoms with Crippen LogP contribution in [0.1, 0.15) is 99.7 Å². The zero-order valence-electron chi connectivity index (χ0n) is 21.0. The molecule has 1 nitrogen and oxygen atoms in total. The van der Waals surface area contributed by atoms with Gasteiger partial charge in [-0.2, -0.15) is 0 Å². The zero-order chi connectivity index (χ0) is 24.8. The Bertz CT molecular complexity index is 985. The van der Waals surface area contributed by atoms with Gasteiger partial charge in [0.2, 0.25) is 0 Å². The Morgan fingerprint density at radius 2 is 1.46 bits per heavy atom. The van der Waals surface area contributed by atoms with Crippen molar-refractivity contribution in [2.24, 2.45) is 11.8 Å². The Balaban J connectivity index is 1.29. The van der Waals surface area contributed by atoms with Gasteiger partial charge in [0.15, 0.2) is 11.6 Å². The van der Waals surface area contributed by atoms with Gasteiger partial charge in [-0.1, -0.05) is 44.0 Å². The maximum Gasteiger partial charge on any atom is 0.162 e. The van der Waals surface area contributed by atoms with Gasteiger partial charge in [0, 0.05) is 6.07 Å². The van der Waals surface area contributed by atoms with Crippen molar-refractivity contribution in [3.63, 3.8) is 0 Å². The van der Waals surface area contributed by atoms with Crippen molar-refractivity contribution in [3.05, 3.63) is 77.1 Å². The third-order valence-corrected chi connectivity index (χ3v) is 8.32. The van der Waals surface area contributed by atoms with Crippen LogP contribution in [0.15, 0.2) is 43.0 Å². The molecule has 2 aromatic carbocycles. The highest BCUT2D eigenvalue weighted by atomic mass is 19.2. The van der Waals surface area contributed by atoms with E-state index >= 15 is 8.78 Å². The van der Waals surface area contributed by atoms with Gasteiger partial charge in [0.05, 0.1) is 6.61 Å². The van der Waals surface area contributed by atoms with Gasteiger partial charge >= 0.3 is 0 Å². The molecule has 2 saturated carbocycles. The summed E-state index contributed by atoms with van der Waals surface area (Å²) >= 11 is 0. The van der Waals surface area contributed by atoms with Crippen LogP contribution >= 0.6 is 0 Å². The number of halogens is 3. The molecule has 0 aliphatic heterocycles. The van der Waals surface area contributed by atoms with E-state index in [2.05, 4.69) is 13.5 Å². The summed E-state index contributed by atoms with van der Waals surface area (Å²) in [6, 6.07) is 8.81. The normalized spacial score (nSPS) is 24.8. The van der Waals surface area contributed by atoms with Gasteiger partial charge in [0.1, 0.15) is 11.6 Å². The van der Waals surface area contributed by atoms with Crippen LogP contribution in [-0.2, 0) is 6.42 Å². The number of hydrogen-bond donors (Lipinski definition) is 0. The molecule has 0 unspecified atom stereocenters. The van der Waals surface area contributed by atoms with Crippen LogP contribution in [0, 0.1) is 29.3 Å². The fraction of sp³-hybridized carbons (Fsp3) is 0.548. The van der Waals surface area contributed by atoms with Gasteiger partial charge in [-0.3, -0.25) is 0 Å². The van der Waals surface area contributed by atoms with Gasteiger partial charge in [-0.25, -0.2) is 13.2 Å². The van der Waals surface area contributed by atoms with Crippen LogP contribution < -0.4 is 4.74 Å². The minimum Gasteiger partial charge on any atom is -0.493 e. The van der Waals surface area contributed by atoms with Crippen molar-refractivity contribution in [1.29, 1.82) is 0 Å². The second kappa shape index (κ2) is 12.1. The van der Waals surface area contributed by atoms with Gasteiger partial charge < -0.3 is 4.74 Å². The van der Waals surface area contributed by atoms with Crippen LogP contribution in [0.5, 0.6) is 5.75 Å². The molecule has 190 valence electrons. The second-order valence-electron chi connectivity index (χ2n) is 10.8. The van der Waals surface area contributed by atoms with Gasteiger partial charge in [-0.05, 0) is 104 Å². The molecule has 2 aliphatic rings. The second-order valence-corrected chi connectivity index (χ2v) is 10.8. The fourth-order valence-electron chi connectivity index (χ4n) is 5.98. The first-order valence-electron chi connectivity index (χ1n) is 13.5. The quantitative estimate of drug-likeness (QED) is 0.254. The lowest BCUT2D eigenvalue weighted by Gasteiger charge is -2.30. The first-order valence-corrected chi connectivity index (χ1v) is 13.5. The van der Waals surface area contributed by atoms with Gasteiger partial charge in [0.25, 0.3) is 0 Å². The van der Waals surface area contributed by atoms with Crippen molar-refractivity contribution >= 4 is 0 Å². The Kier molecular flexibility index (Phi) is 8.97. The van der Waals surface area contributed by atoms with Crippen LogP contribution in [0.4, 0.5) is 13.2 Å². The third kappa shape index (κ3) is 6.51. The highest BCUT2D eigenvalue weighted by Gasteiger charge is 2.29. The topological polar surface area (TPSA) is 9.23 Å². The predicted molar refractivity (Wildman–Crippen MR) is 136 cm³/mol. The highest BCUT2D eigenvalue weighted by Crippen LogP contribution is 2.42.